The quantitative estimate of drug-likeness (QED) is 0.629. The van der Waals surface area contributed by atoms with Crippen LogP contribution in [-0.2, 0) is 4.79 Å². The first-order valence-electron chi connectivity index (χ1n) is 7.38. The number of rotatable bonds is 5. The molecule has 0 heterocycles. The summed E-state index contributed by atoms with van der Waals surface area (Å²) < 4.78 is 0.897. The maximum Gasteiger partial charge on any atom is 0.271 e. The van der Waals surface area contributed by atoms with Crippen LogP contribution in [0.25, 0.3) is 0 Å². The Labute approximate surface area is 149 Å². The average molecular weight is 388 g/mol. The van der Waals surface area contributed by atoms with Crippen molar-refractivity contribution >= 4 is 39.1 Å². The fraction of sp³-hybridized carbons (Fsp3) is 0.167. The third-order valence-corrected chi connectivity index (χ3v) is 3.91. The summed E-state index contributed by atoms with van der Waals surface area (Å²) in [5.74, 6) is -0.411. The second kappa shape index (κ2) is 8.40. The van der Waals surface area contributed by atoms with Gasteiger partial charge in [-0.3, -0.25) is 9.59 Å². The standard InChI is InChI=1S/C18H18BrN3O2/c1-13(12-17(23)22(2)16-6-4-3-5-7-16)20-21-18(24)14-8-10-15(19)11-9-14/h3-11H,12H2,1-2H3,(H,21,24)/b20-13-. The number of anilines is 1. The topological polar surface area (TPSA) is 61.8 Å². The van der Waals surface area contributed by atoms with Crippen LogP contribution in [0, 0.1) is 0 Å². The number of halogens is 1. The molecule has 2 rings (SSSR count). The van der Waals surface area contributed by atoms with Crippen molar-refractivity contribution in [1.82, 2.24) is 5.43 Å². The van der Waals surface area contributed by atoms with Gasteiger partial charge in [0.2, 0.25) is 5.91 Å². The van der Waals surface area contributed by atoms with Crippen LogP contribution in [0.1, 0.15) is 23.7 Å². The maximum atomic E-state index is 12.2. The molecule has 0 atom stereocenters. The van der Waals surface area contributed by atoms with Crippen LogP contribution in [0.3, 0.4) is 0 Å². The van der Waals surface area contributed by atoms with Gasteiger partial charge < -0.3 is 4.90 Å². The number of carbonyl (C=O) groups excluding carboxylic acids is 2. The van der Waals surface area contributed by atoms with Crippen molar-refractivity contribution in [2.75, 3.05) is 11.9 Å². The van der Waals surface area contributed by atoms with Crippen LogP contribution in [0.5, 0.6) is 0 Å². The van der Waals surface area contributed by atoms with Gasteiger partial charge in [0.1, 0.15) is 0 Å². The Kier molecular flexibility index (Phi) is 6.26. The van der Waals surface area contributed by atoms with Gasteiger partial charge in [-0.2, -0.15) is 5.10 Å². The summed E-state index contributed by atoms with van der Waals surface area (Å²) in [5, 5.41) is 4.00. The maximum absolute atomic E-state index is 12.2. The second-order valence-electron chi connectivity index (χ2n) is 5.26. The van der Waals surface area contributed by atoms with E-state index in [0.29, 0.717) is 11.3 Å². The Hall–Kier alpha value is -2.47. The first kappa shape index (κ1) is 17.9. The molecule has 0 radical (unpaired) electrons. The lowest BCUT2D eigenvalue weighted by Crippen LogP contribution is -2.28. The van der Waals surface area contributed by atoms with Crippen molar-refractivity contribution in [3.63, 3.8) is 0 Å². The molecule has 0 saturated heterocycles. The number of amides is 2. The highest BCUT2D eigenvalue weighted by molar-refractivity contribution is 9.10. The fourth-order valence-electron chi connectivity index (χ4n) is 1.98. The largest absolute Gasteiger partial charge is 0.315 e. The molecule has 24 heavy (non-hydrogen) atoms. The number of benzene rings is 2. The number of hydrogen-bond donors (Lipinski definition) is 1. The first-order valence-corrected chi connectivity index (χ1v) is 8.17. The summed E-state index contributed by atoms with van der Waals surface area (Å²) in [6.45, 7) is 1.71. The predicted octanol–water partition coefficient (Wildman–Crippen LogP) is 3.61. The number of carbonyl (C=O) groups is 2. The Bertz CT molecular complexity index is 743. The molecular weight excluding hydrogens is 370 g/mol. The predicted molar refractivity (Wildman–Crippen MR) is 99.2 cm³/mol. The molecule has 5 nitrogen and oxygen atoms in total. The summed E-state index contributed by atoms with van der Waals surface area (Å²) in [6.07, 6.45) is 0.131. The summed E-state index contributed by atoms with van der Waals surface area (Å²) >= 11 is 3.32. The Morgan fingerprint density at radius 3 is 2.33 bits per heavy atom. The molecule has 0 aliphatic heterocycles. The molecule has 0 aromatic heterocycles. The summed E-state index contributed by atoms with van der Waals surface area (Å²) in [7, 11) is 1.71. The second-order valence-corrected chi connectivity index (χ2v) is 6.18. The van der Waals surface area contributed by atoms with E-state index in [0.717, 1.165) is 10.2 Å². The van der Waals surface area contributed by atoms with Crippen LogP contribution in [0.2, 0.25) is 0 Å². The molecule has 0 spiro atoms. The van der Waals surface area contributed by atoms with Gasteiger partial charge in [0.25, 0.3) is 5.91 Å². The van der Waals surface area contributed by atoms with Crippen molar-refractivity contribution in [1.29, 1.82) is 0 Å². The van der Waals surface area contributed by atoms with E-state index in [1.807, 2.05) is 30.3 Å². The highest BCUT2D eigenvalue weighted by atomic mass is 79.9. The molecule has 124 valence electrons. The lowest BCUT2D eigenvalue weighted by Gasteiger charge is -2.17. The molecule has 0 saturated carbocycles. The first-order chi connectivity index (χ1) is 11.5. The average Bonchev–Trinajstić information content (AvgIpc) is 2.60. The SMILES string of the molecule is C/C(CC(=O)N(C)c1ccccc1)=N/NC(=O)c1ccc(Br)cc1. The Morgan fingerprint density at radius 2 is 1.71 bits per heavy atom. The van der Waals surface area contributed by atoms with Gasteiger partial charge in [0.05, 0.1) is 6.42 Å². The lowest BCUT2D eigenvalue weighted by atomic mass is 10.2. The third-order valence-electron chi connectivity index (χ3n) is 3.38. The molecule has 0 aliphatic carbocycles. The molecule has 0 unspecified atom stereocenters. The van der Waals surface area contributed by atoms with Crippen molar-refractivity contribution in [3.05, 3.63) is 64.6 Å². The summed E-state index contributed by atoms with van der Waals surface area (Å²) in [5.41, 5.74) is 4.32. The molecule has 6 heteroatoms. The highest BCUT2D eigenvalue weighted by Gasteiger charge is 2.12. The molecule has 0 aliphatic rings. The van der Waals surface area contributed by atoms with Crippen molar-refractivity contribution in [3.8, 4) is 0 Å². The van der Waals surface area contributed by atoms with E-state index >= 15 is 0 Å². The Balaban J connectivity index is 1.92. The van der Waals surface area contributed by atoms with Gasteiger partial charge in [-0.1, -0.05) is 34.1 Å². The summed E-state index contributed by atoms with van der Waals surface area (Å²) in [4.78, 5) is 25.8. The van der Waals surface area contributed by atoms with E-state index in [4.69, 9.17) is 0 Å². The normalized spacial score (nSPS) is 11.0. The molecular formula is C18H18BrN3O2. The van der Waals surface area contributed by atoms with Crippen LogP contribution in [0.4, 0.5) is 5.69 Å². The monoisotopic (exact) mass is 387 g/mol. The van der Waals surface area contributed by atoms with E-state index < -0.39 is 0 Å². The third kappa shape index (κ3) is 5.03. The molecule has 2 amide bonds. The minimum atomic E-state index is -0.314. The lowest BCUT2D eigenvalue weighted by molar-refractivity contribution is -0.117. The number of hydrazone groups is 1. The number of para-hydroxylation sites is 1. The number of nitrogens with zero attached hydrogens (tertiary/aromatic N) is 2. The fourth-order valence-corrected chi connectivity index (χ4v) is 2.25. The molecule has 2 aromatic carbocycles. The van der Waals surface area contributed by atoms with Gasteiger partial charge in [-0.15, -0.1) is 0 Å². The molecule has 1 N–H and O–H groups in total. The van der Waals surface area contributed by atoms with Crippen LogP contribution in [0.15, 0.2) is 64.2 Å². The molecule has 2 aromatic rings. The van der Waals surface area contributed by atoms with Gasteiger partial charge >= 0.3 is 0 Å². The highest BCUT2D eigenvalue weighted by Crippen LogP contribution is 2.12. The van der Waals surface area contributed by atoms with Crippen molar-refractivity contribution in [2.45, 2.75) is 13.3 Å². The van der Waals surface area contributed by atoms with E-state index in [1.165, 1.54) is 0 Å². The number of hydrogen-bond acceptors (Lipinski definition) is 3. The zero-order valence-corrected chi connectivity index (χ0v) is 15.1. The van der Waals surface area contributed by atoms with Crippen LogP contribution < -0.4 is 10.3 Å². The van der Waals surface area contributed by atoms with Crippen LogP contribution >= 0.6 is 15.9 Å². The van der Waals surface area contributed by atoms with Gasteiger partial charge in [-0.25, -0.2) is 5.43 Å². The smallest absolute Gasteiger partial charge is 0.271 e. The van der Waals surface area contributed by atoms with E-state index in [1.54, 1.807) is 43.1 Å². The van der Waals surface area contributed by atoms with Gasteiger partial charge in [-0.05, 0) is 43.3 Å². The van der Waals surface area contributed by atoms with Gasteiger partial charge in [0.15, 0.2) is 0 Å². The zero-order chi connectivity index (χ0) is 17.5. The molecule has 0 fully saturated rings. The van der Waals surface area contributed by atoms with E-state index in [2.05, 4.69) is 26.5 Å². The van der Waals surface area contributed by atoms with Crippen LogP contribution in [-0.4, -0.2) is 24.6 Å². The minimum absolute atomic E-state index is 0.0969. The number of nitrogens with one attached hydrogen (secondary N) is 1. The van der Waals surface area contributed by atoms with Gasteiger partial charge in [0, 0.05) is 28.5 Å². The van der Waals surface area contributed by atoms with Crippen molar-refractivity contribution in [2.24, 2.45) is 5.10 Å². The van der Waals surface area contributed by atoms with E-state index in [-0.39, 0.29) is 18.2 Å². The Morgan fingerprint density at radius 1 is 1.08 bits per heavy atom. The van der Waals surface area contributed by atoms with E-state index in [9.17, 15) is 9.59 Å². The summed E-state index contributed by atoms with van der Waals surface area (Å²) in [6, 6.07) is 16.3. The minimum Gasteiger partial charge on any atom is -0.315 e. The molecule has 0 bridgehead atoms. The van der Waals surface area contributed by atoms with Crippen molar-refractivity contribution < 1.29 is 9.59 Å². The zero-order valence-electron chi connectivity index (χ0n) is 13.5.